The van der Waals surface area contributed by atoms with Crippen LogP contribution in [0.5, 0.6) is 0 Å². The summed E-state index contributed by atoms with van der Waals surface area (Å²) < 4.78 is 4.71. The Labute approximate surface area is 94.4 Å². The van der Waals surface area contributed by atoms with E-state index in [1.807, 2.05) is 30.3 Å². The van der Waals surface area contributed by atoms with E-state index < -0.39 is 5.41 Å². The molecule has 0 N–H and O–H groups in total. The minimum atomic E-state index is -0.631. The largest absolute Gasteiger partial charge is 0.469 e. The van der Waals surface area contributed by atoms with Crippen molar-refractivity contribution in [2.45, 2.75) is 18.8 Å². The third-order valence-corrected chi connectivity index (χ3v) is 3.36. The smallest absolute Gasteiger partial charge is 0.310 e. The molecule has 0 radical (unpaired) electrons. The van der Waals surface area contributed by atoms with Gasteiger partial charge in [-0.25, -0.2) is 0 Å². The average Bonchev–Trinajstić information content (AvgIpc) is 3.06. The maximum Gasteiger partial charge on any atom is 0.310 e. The molecule has 0 saturated heterocycles. The first kappa shape index (κ1) is 10.9. The molecule has 1 aliphatic carbocycles. The van der Waals surface area contributed by atoms with Crippen LogP contribution in [0.2, 0.25) is 0 Å². The predicted molar refractivity (Wildman–Crippen MR) is 58.9 cm³/mol. The van der Waals surface area contributed by atoms with Gasteiger partial charge in [0.2, 0.25) is 0 Å². The molecule has 84 valence electrons. The van der Waals surface area contributed by atoms with E-state index in [1.165, 1.54) is 14.0 Å². The average molecular weight is 218 g/mol. The number of carbonyl (C=O) groups is 2. The Morgan fingerprint density at radius 3 is 2.44 bits per heavy atom. The molecule has 0 bridgehead atoms. The van der Waals surface area contributed by atoms with Gasteiger partial charge in [0, 0.05) is 0 Å². The first-order chi connectivity index (χ1) is 7.63. The van der Waals surface area contributed by atoms with Crippen LogP contribution in [-0.4, -0.2) is 18.9 Å². The van der Waals surface area contributed by atoms with E-state index in [4.69, 9.17) is 4.74 Å². The second-order valence-corrected chi connectivity index (χ2v) is 4.17. The van der Waals surface area contributed by atoms with Crippen LogP contribution in [0.25, 0.3) is 0 Å². The highest BCUT2D eigenvalue weighted by atomic mass is 16.5. The van der Waals surface area contributed by atoms with Crippen LogP contribution in [0.1, 0.15) is 18.9 Å². The van der Waals surface area contributed by atoms with Gasteiger partial charge in [-0.2, -0.15) is 0 Å². The van der Waals surface area contributed by atoms with E-state index in [0.29, 0.717) is 6.42 Å². The topological polar surface area (TPSA) is 43.4 Å². The van der Waals surface area contributed by atoms with Crippen molar-refractivity contribution in [3.05, 3.63) is 35.9 Å². The van der Waals surface area contributed by atoms with Gasteiger partial charge in [0.05, 0.1) is 18.4 Å². The summed E-state index contributed by atoms with van der Waals surface area (Å²) in [5.74, 6) is -0.564. The lowest BCUT2D eigenvalue weighted by Gasteiger charge is -2.13. The third kappa shape index (κ3) is 1.43. The Kier molecular flexibility index (Phi) is 2.54. The summed E-state index contributed by atoms with van der Waals surface area (Å²) in [7, 11) is 1.36. The molecule has 2 rings (SSSR count). The van der Waals surface area contributed by atoms with Crippen LogP contribution in [-0.2, 0) is 19.7 Å². The molecule has 3 heteroatoms. The van der Waals surface area contributed by atoms with Crippen molar-refractivity contribution in [1.29, 1.82) is 0 Å². The van der Waals surface area contributed by atoms with Gasteiger partial charge in [-0.05, 0) is 18.9 Å². The first-order valence-corrected chi connectivity index (χ1v) is 5.27. The lowest BCUT2D eigenvalue weighted by atomic mass is 9.89. The Morgan fingerprint density at radius 2 is 1.94 bits per heavy atom. The molecule has 0 amide bonds. The Balaban J connectivity index is 2.35. The second kappa shape index (κ2) is 3.74. The SMILES string of the molecule is COC(=O)C1CC1(C(C)=O)c1ccccc1. The summed E-state index contributed by atoms with van der Waals surface area (Å²) in [6.45, 7) is 1.54. The summed E-state index contributed by atoms with van der Waals surface area (Å²) in [5.41, 5.74) is 0.284. The molecule has 0 heterocycles. The number of benzene rings is 1. The molecule has 1 aliphatic rings. The minimum Gasteiger partial charge on any atom is -0.469 e. The molecule has 0 aromatic heterocycles. The number of methoxy groups -OCH3 is 1. The quantitative estimate of drug-likeness (QED) is 0.725. The number of ketones is 1. The summed E-state index contributed by atoms with van der Waals surface area (Å²) in [5, 5.41) is 0. The van der Waals surface area contributed by atoms with Crippen molar-refractivity contribution in [2.75, 3.05) is 7.11 Å². The molecule has 2 atom stereocenters. The van der Waals surface area contributed by atoms with Crippen LogP contribution in [0, 0.1) is 5.92 Å². The number of Topliss-reactive ketones (excluding diaryl/α,β-unsaturated/α-hetero) is 1. The molecule has 1 aromatic rings. The maximum atomic E-state index is 11.8. The van der Waals surface area contributed by atoms with Crippen LogP contribution in [0.3, 0.4) is 0 Å². The highest BCUT2D eigenvalue weighted by Gasteiger charge is 2.63. The van der Waals surface area contributed by atoms with Crippen molar-refractivity contribution in [2.24, 2.45) is 5.92 Å². The zero-order chi connectivity index (χ0) is 11.8. The van der Waals surface area contributed by atoms with E-state index in [9.17, 15) is 9.59 Å². The number of hydrogen-bond acceptors (Lipinski definition) is 3. The van der Waals surface area contributed by atoms with E-state index in [-0.39, 0.29) is 17.7 Å². The number of ether oxygens (including phenoxy) is 1. The molecule has 3 nitrogen and oxygen atoms in total. The van der Waals surface area contributed by atoms with Gasteiger partial charge >= 0.3 is 5.97 Å². The number of rotatable bonds is 3. The lowest BCUT2D eigenvalue weighted by molar-refractivity contribution is -0.143. The normalized spacial score (nSPS) is 27.2. The van der Waals surface area contributed by atoms with Gasteiger partial charge in [0.1, 0.15) is 5.78 Å². The van der Waals surface area contributed by atoms with Gasteiger partial charge in [-0.15, -0.1) is 0 Å². The highest BCUT2D eigenvalue weighted by molar-refractivity contribution is 5.99. The minimum absolute atomic E-state index is 0.0362. The second-order valence-electron chi connectivity index (χ2n) is 4.17. The number of carbonyl (C=O) groups excluding carboxylic acids is 2. The van der Waals surface area contributed by atoms with Crippen LogP contribution >= 0.6 is 0 Å². The van der Waals surface area contributed by atoms with E-state index >= 15 is 0 Å². The summed E-state index contributed by atoms with van der Waals surface area (Å²) in [6.07, 6.45) is 0.568. The zero-order valence-corrected chi connectivity index (χ0v) is 9.40. The Hall–Kier alpha value is -1.64. The zero-order valence-electron chi connectivity index (χ0n) is 9.40. The van der Waals surface area contributed by atoms with Crippen molar-refractivity contribution in [3.8, 4) is 0 Å². The van der Waals surface area contributed by atoms with Crippen molar-refractivity contribution < 1.29 is 14.3 Å². The molecule has 1 aromatic carbocycles. The molecule has 0 aliphatic heterocycles. The molecule has 0 spiro atoms. The predicted octanol–water partition coefficient (Wildman–Crippen LogP) is 1.71. The fourth-order valence-corrected chi connectivity index (χ4v) is 2.34. The highest BCUT2D eigenvalue weighted by Crippen LogP contribution is 2.55. The third-order valence-electron chi connectivity index (χ3n) is 3.36. The van der Waals surface area contributed by atoms with Crippen LogP contribution in [0.15, 0.2) is 30.3 Å². The van der Waals surface area contributed by atoms with Crippen LogP contribution in [0.4, 0.5) is 0 Å². The monoisotopic (exact) mass is 218 g/mol. The lowest BCUT2D eigenvalue weighted by Crippen LogP contribution is -2.23. The fourth-order valence-electron chi connectivity index (χ4n) is 2.34. The van der Waals surface area contributed by atoms with Gasteiger partial charge in [0.25, 0.3) is 0 Å². The summed E-state index contributed by atoms with van der Waals surface area (Å²) >= 11 is 0. The first-order valence-electron chi connectivity index (χ1n) is 5.27. The molecule has 1 saturated carbocycles. The maximum absolute atomic E-state index is 11.8. The fraction of sp³-hybridized carbons (Fsp3) is 0.385. The van der Waals surface area contributed by atoms with Gasteiger partial charge in [-0.1, -0.05) is 30.3 Å². The van der Waals surface area contributed by atoms with E-state index in [2.05, 4.69) is 0 Å². The van der Waals surface area contributed by atoms with Gasteiger partial charge in [-0.3, -0.25) is 9.59 Å². The van der Waals surface area contributed by atoms with Gasteiger partial charge in [0.15, 0.2) is 0 Å². The van der Waals surface area contributed by atoms with E-state index in [1.54, 1.807) is 0 Å². The Morgan fingerprint density at radius 1 is 1.31 bits per heavy atom. The number of hydrogen-bond donors (Lipinski definition) is 0. The standard InChI is InChI=1S/C13H14O3/c1-9(14)13(8-11(13)12(15)16-2)10-6-4-3-5-7-10/h3-7,11H,8H2,1-2H3. The molecular formula is C13H14O3. The molecule has 16 heavy (non-hydrogen) atoms. The number of esters is 1. The Bertz CT molecular complexity index is 424. The van der Waals surface area contributed by atoms with Crippen molar-refractivity contribution >= 4 is 11.8 Å². The summed E-state index contributed by atoms with van der Waals surface area (Å²) in [4.78, 5) is 23.2. The molecule has 1 fully saturated rings. The van der Waals surface area contributed by atoms with Gasteiger partial charge < -0.3 is 4.74 Å². The molecular weight excluding hydrogens is 204 g/mol. The molecule has 2 unspecified atom stereocenters. The summed E-state index contributed by atoms with van der Waals surface area (Å²) in [6, 6.07) is 9.45. The van der Waals surface area contributed by atoms with Crippen LogP contribution < -0.4 is 0 Å². The van der Waals surface area contributed by atoms with E-state index in [0.717, 1.165) is 5.56 Å². The van der Waals surface area contributed by atoms with Crippen molar-refractivity contribution in [1.82, 2.24) is 0 Å². The van der Waals surface area contributed by atoms with Crippen molar-refractivity contribution in [3.63, 3.8) is 0 Å².